The van der Waals surface area contributed by atoms with Crippen LogP contribution in [0.15, 0.2) is 82.5 Å². The summed E-state index contributed by atoms with van der Waals surface area (Å²) in [6.45, 7) is 24.2. The van der Waals surface area contributed by atoms with Crippen LogP contribution in [0.25, 0.3) is 54.9 Å². The molecule has 4 nitrogen and oxygen atoms in total. The monoisotopic (exact) mass is 707 g/mol. The minimum absolute atomic E-state index is 0.124. The van der Waals surface area contributed by atoms with Crippen molar-refractivity contribution >= 4 is 43.6 Å². The lowest BCUT2D eigenvalue weighted by atomic mass is 9.78. The van der Waals surface area contributed by atoms with Crippen molar-refractivity contribution in [3.8, 4) is 11.3 Å². The SMILES string of the molecule is [2H]C([2H])(c1ccc2c(ccc3c2oc2nc(C)[n+]4c(c23)-c2cc(C(C)(C)C)c3cc(C)ccc3c2C42C=C(C(CC)CC)C=C(C(CC)CC)O2)c1)C(C)C. The van der Waals surface area contributed by atoms with Crippen molar-refractivity contribution in [3.63, 3.8) is 0 Å². The van der Waals surface area contributed by atoms with Gasteiger partial charge in [0.05, 0.1) is 5.56 Å². The minimum atomic E-state index is -1.44. The number of rotatable bonds is 8. The molecule has 2 aromatic heterocycles. The van der Waals surface area contributed by atoms with Crippen molar-refractivity contribution < 1.29 is 16.5 Å². The van der Waals surface area contributed by atoms with Crippen LogP contribution in [-0.4, -0.2) is 4.98 Å². The summed E-state index contributed by atoms with van der Waals surface area (Å²) in [6.07, 6.45) is 7.45. The lowest BCUT2D eigenvalue weighted by Crippen LogP contribution is -2.59. The molecule has 4 heteroatoms. The van der Waals surface area contributed by atoms with Crippen LogP contribution >= 0.6 is 0 Å². The highest BCUT2D eigenvalue weighted by atomic mass is 16.5. The second-order valence-corrected chi connectivity index (χ2v) is 17.0. The van der Waals surface area contributed by atoms with Gasteiger partial charge in [-0.05, 0) is 112 Å². The third-order valence-corrected chi connectivity index (χ3v) is 12.0. The smallest absolute Gasteiger partial charge is 0.346 e. The van der Waals surface area contributed by atoms with Crippen LogP contribution in [0.1, 0.15) is 119 Å². The van der Waals surface area contributed by atoms with E-state index in [4.69, 9.17) is 16.9 Å². The van der Waals surface area contributed by atoms with Crippen molar-refractivity contribution in [1.29, 1.82) is 0 Å². The van der Waals surface area contributed by atoms with Gasteiger partial charge < -0.3 is 9.15 Å². The van der Waals surface area contributed by atoms with E-state index in [0.29, 0.717) is 17.2 Å². The Morgan fingerprint density at radius 3 is 2.21 bits per heavy atom. The number of hydrogen-bond donors (Lipinski definition) is 0. The molecule has 6 aromatic rings. The number of aromatic nitrogens is 2. The maximum Gasteiger partial charge on any atom is 0.346 e. The quantitative estimate of drug-likeness (QED) is 0.148. The maximum absolute atomic E-state index is 8.79. The summed E-state index contributed by atoms with van der Waals surface area (Å²) in [5.41, 5.74) is 8.26. The van der Waals surface area contributed by atoms with Gasteiger partial charge in [-0.2, -0.15) is 4.57 Å². The molecule has 0 fully saturated rings. The lowest BCUT2D eigenvalue weighted by molar-refractivity contribution is -0.773. The Bertz CT molecular complexity index is 2590. The molecule has 8 rings (SSSR count). The predicted octanol–water partition coefficient (Wildman–Crippen LogP) is 13.1. The van der Waals surface area contributed by atoms with E-state index < -0.39 is 12.1 Å². The normalized spacial score (nSPS) is 18.0. The molecular weight excluding hydrogens is 649 g/mol. The summed E-state index contributed by atoms with van der Waals surface area (Å²) in [5, 5.41) is 6.36. The number of benzene rings is 4. The summed E-state index contributed by atoms with van der Waals surface area (Å²) in [5.74, 6) is 2.41. The Balaban J connectivity index is 1.54. The molecule has 2 aliphatic heterocycles. The Morgan fingerprint density at radius 2 is 1.53 bits per heavy atom. The second-order valence-electron chi connectivity index (χ2n) is 17.0. The van der Waals surface area contributed by atoms with Gasteiger partial charge in [-0.3, -0.25) is 0 Å². The zero-order chi connectivity index (χ0) is 39.4. The molecule has 4 aromatic carbocycles. The van der Waals surface area contributed by atoms with Crippen LogP contribution in [0.2, 0.25) is 0 Å². The fourth-order valence-corrected chi connectivity index (χ4v) is 9.37. The molecular formula is C49H57N2O2+. The maximum atomic E-state index is 8.79. The van der Waals surface area contributed by atoms with Gasteiger partial charge >= 0.3 is 17.3 Å². The first-order valence-electron chi connectivity index (χ1n) is 21.0. The van der Waals surface area contributed by atoms with Crippen LogP contribution in [-0.2, 0) is 22.2 Å². The zero-order valence-corrected chi connectivity index (χ0v) is 33.6. The van der Waals surface area contributed by atoms with Gasteiger partial charge in [0.25, 0.3) is 0 Å². The largest absolute Gasteiger partial charge is 0.446 e. The van der Waals surface area contributed by atoms with Gasteiger partial charge in [-0.15, -0.1) is 0 Å². The van der Waals surface area contributed by atoms with Gasteiger partial charge in [-0.1, -0.05) is 110 Å². The summed E-state index contributed by atoms with van der Waals surface area (Å²) < 4.78 is 34.5. The molecule has 0 saturated carbocycles. The Hall–Kier alpha value is -4.44. The number of fused-ring (bicyclic) bond motifs is 13. The molecule has 0 amide bonds. The lowest BCUT2D eigenvalue weighted by Gasteiger charge is -2.36. The van der Waals surface area contributed by atoms with Crippen LogP contribution in [0, 0.1) is 31.6 Å². The Morgan fingerprint density at radius 1 is 0.830 bits per heavy atom. The van der Waals surface area contributed by atoms with Crippen molar-refractivity contribution in [2.45, 2.75) is 119 Å². The fraction of sp³-hybridized carbons (Fsp3) is 0.429. The second kappa shape index (κ2) is 12.9. The van der Waals surface area contributed by atoms with Crippen molar-refractivity contribution in [2.24, 2.45) is 17.8 Å². The van der Waals surface area contributed by atoms with E-state index >= 15 is 0 Å². The van der Waals surface area contributed by atoms with E-state index in [1.165, 1.54) is 33.0 Å². The number of ether oxygens (including phenoxy) is 1. The van der Waals surface area contributed by atoms with Gasteiger partial charge in [0.2, 0.25) is 0 Å². The standard InChI is InChI=1S/C49H57N2O2/c1-12-32(13-2)35-25-42(33(14-3)15-4)53-49(27-35)44-37-19-16-29(7)23-39(37)41(48(9,10)11)26-40(44)45-43-38-21-18-34-24-31(22-28(5)6)17-20-36(34)46(38)52-47(43)50-30(8)51(45)49/h16-21,23-28,32-33H,12-15,22H2,1-11H3/q+1/i22D2. The third kappa shape index (κ3) is 5.45. The van der Waals surface area contributed by atoms with Gasteiger partial charge in [0, 0.05) is 38.0 Å². The molecule has 0 N–H and O–H groups in total. The number of nitrogens with zero attached hydrogens (tertiary/aromatic N) is 2. The summed E-state index contributed by atoms with van der Waals surface area (Å²) in [7, 11) is 0. The zero-order valence-electron chi connectivity index (χ0n) is 35.6. The van der Waals surface area contributed by atoms with E-state index in [0.717, 1.165) is 75.7 Å². The van der Waals surface area contributed by atoms with E-state index in [2.05, 4.69) is 115 Å². The van der Waals surface area contributed by atoms with Crippen molar-refractivity contribution in [1.82, 2.24) is 4.98 Å². The number of furan rings is 1. The van der Waals surface area contributed by atoms with E-state index in [1.807, 2.05) is 32.0 Å². The Labute approximate surface area is 318 Å². The molecule has 0 saturated heterocycles. The highest BCUT2D eigenvalue weighted by Gasteiger charge is 2.55. The number of allylic oxidation sites excluding steroid dienone is 3. The van der Waals surface area contributed by atoms with Crippen LogP contribution < -0.4 is 4.57 Å². The highest BCUT2D eigenvalue weighted by molar-refractivity contribution is 6.18. The molecule has 53 heavy (non-hydrogen) atoms. The fourth-order valence-electron chi connectivity index (χ4n) is 9.37. The van der Waals surface area contributed by atoms with Gasteiger partial charge in [-0.25, -0.2) is 0 Å². The first-order chi connectivity index (χ1) is 26.1. The molecule has 1 spiro atoms. The molecule has 1 atom stereocenters. The summed E-state index contributed by atoms with van der Waals surface area (Å²) >= 11 is 0. The third-order valence-electron chi connectivity index (χ3n) is 12.0. The van der Waals surface area contributed by atoms with Gasteiger partial charge in [0.1, 0.15) is 16.7 Å². The molecule has 2 aliphatic rings. The van der Waals surface area contributed by atoms with Crippen LogP contribution in [0.5, 0.6) is 0 Å². The first-order valence-corrected chi connectivity index (χ1v) is 20.0. The molecule has 0 radical (unpaired) electrons. The number of aryl methyl sites for hydroxylation is 2. The minimum Gasteiger partial charge on any atom is -0.446 e. The first kappa shape index (κ1) is 33.2. The molecule has 1 unspecified atom stereocenters. The number of hydrogen-bond acceptors (Lipinski definition) is 3. The van der Waals surface area contributed by atoms with Crippen LogP contribution in [0.4, 0.5) is 0 Å². The van der Waals surface area contributed by atoms with Crippen molar-refractivity contribution in [2.75, 3.05) is 0 Å². The average Bonchev–Trinajstić information content (AvgIpc) is 3.64. The van der Waals surface area contributed by atoms with E-state index in [-0.39, 0.29) is 17.3 Å². The summed E-state index contributed by atoms with van der Waals surface area (Å²) in [4.78, 5) is 5.30. The molecule has 274 valence electrons. The molecule has 4 heterocycles. The van der Waals surface area contributed by atoms with Gasteiger partial charge in [0.15, 0.2) is 5.69 Å². The highest BCUT2D eigenvalue weighted by Crippen LogP contribution is 2.53. The van der Waals surface area contributed by atoms with E-state index in [1.54, 1.807) is 0 Å². The molecule has 0 aliphatic carbocycles. The Kier molecular flexibility index (Phi) is 8.04. The van der Waals surface area contributed by atoms with Crippen molar-refractivity contribution in [3.05, 3.63) is 106 Å². The topological polar surface area (TPSA) is 39.1 Å². The van der Waals surface area contributed by atoms with Crippen LogP contribution in [0.3, 0.4) is 0 Å². The predicted molar refractivity (Wildman–Crippen MR) is 221 cm³/mol. The average molecular weight is 708 g/mol. The summed E-state index contributed by atoms with van der Waals surface area (Å²) in [6, 6.07) is 19.6. The van der Waals surface area contributed by atoms with E-state index in [9.17, 15) is 0 Å². The molecule has 0 bridgehead atoms.